The lowest BCUT2D eigenvalue weighted by atomic mass is 10.1. The number of anilines is 1. The zero-order valence-electron chi connectivity index (χ0n) is 14.0. The number of urea groups is 1. The summed E-state index contributed by atoms with van der Waals surface area (Å²) >= 11 is 0. The van der Waals surface area contributed by atoms with Crippen molar-refractivity contribution in [2.24, 2.45) is 4.99 Å². The van der Waals surface area contributed by atoms with E-state index in [-0.39, 0.29) is 5.82 Å². The summed E-state index contributed by atoms with van der Waals surface area (Å²) in [6.45, 7) is 2.58. The number of hydrazone groups is 1. The Hall–Kier alpha value is -3.02. The van der Waals surface area contributed by atoms with Crippen LogP contribution in [0.4, 0.5) is 20.6 Å². The summed E-state index contributed by atoms with van der Waals surface area (Å²) in [6.07, 6.45) is 1.75. The summed E-state index contributed by atoms with van der Waals surface area (Å²) in [5.74, 6) is -0.346. The van der Waals surface area contributed by atoms with E-state index in [0.29, 0.717) is 17.9 Å². The van der Waals surface area contributed by atoms with Crippen LogP contribution in [0.2, 0.25) is 0 Å². The van der Waals surface area contributed by atoms with Gasteiger partial charge in [-0.2, -0.15) is 10.4 Å². The van der Waals surface area contributed by atoms with Crippen molar-refractivity contribution < 1.29 is 13.9 Å². The number of benzene rings is 2. The highest BCUT2D eigenvalue weighted by atomic mass is 19.1. The zero-order chi connectivity index (χ0) is 17.6. The minimum absolute atomic E-state index is 0.346. The maximum atomic E-state index is 12.9. The summed E-state index contributed by atoms with van der Waals surface area (Å²) in [7, 11) is 0. The molecule has 6 heteroatoms. The van der Waals surface area contributed by atoms with Crippen molar-refractivity contribution in [2.75, 3.05) is 11.9 Å². The smallest absolute Gasteiger partial charge is 0.306 e. The number of amides is 2. The highest BCUT2D eigenvalue weighted by molar-refractivity contribution is 6.43. The van der Waals surface area contributed by atoms with E-state index in [2.05, 4.69) is 22.7 Å². The molecule has 1 aliphatic heterocycles. The van der Waals surface area contributed by atoms with Gasteiger partial charge < -0.3 is 5.32 Å². The Bertz CT molecular complexity index is 813. The lowest BCUT2D eigenvalue weighted by molar-refractivity contribution is -0.498. The van der Waals surface area contributed by atoms with Crippen molar-refractivity contribution in [3.05, 3.63) is 60.4 Å². The number of hydrogen-bond donors (Lipinski definition) is 2. The number of nitrogens with zero attached hydrogens (tertiary/aromatic N) is 2. The molecule has 1 aliphatic rings. The van der Waals surface area contributed by atoms with E-state index in [1.807, 2.05) is 35.0 Å². The molecule has 25 heavy (non-hydrogen) atoms. The molecule has 0 bridgehead atoms. The molecule has 0 saturated carbocycles. The van der Waals surface area contributed by atoms with Crippen molar-refractivity contribution in [1.29, 1.82) is 0 Å². The minimum atomic E-state index is -0.466. The fraction of sp³-hybridized carbons (Fsp3) is 0.211. The molecule has 0 atom stereocenters. The van der Waals surface area contributed by atoms with Gasteiger partial charge in [0.25, 0.3) is 0 Å². The van der Waals surface area contributed by atoms with E-state index in [1.54, 1.807) is 0 Å². The van der Waals surface area contributed by atoms with Crippen molar-refractivity contribution in [3.8, 4) is 0 Å². The number of hydrogen-bond acceptors (Lipinski definition) is 2. The highest BCUT2D eigenvalue weighted by Crippen LogP contribution is 2.15. The standard InChI is InChI=1S/C19H19FN4O/c1-2-6-18-17(13-21-24(18)16-7-4-3-5-8-16)23-19(25)22-15-11-9-14(20)10-12-15/h3-5,7-12H,2,6,13H2,1H3,(H-,21,22,23,25)/p+1. The molecular formula is C19H20FN4O+. The molecule has 0 unspecified atom stereocenters. The van der Waals surface area contributed by atoms with Gasteiger partial charge >= 0.3 is 6.03 Å². The first kappa shape index (κ1) is 16.8. The number of carbonyl (C=O) groups excluding carboxylic acids is 1. The van der Waals surface area contributed by atoms with Crippen LogP contribution >= 0.6 is 0 Å². The molecule has 128 valence electrons. The Kier molecular flexibility index (Phi) is 5.18. The SMILES string of the molecule is CCCC1=[N+](c2ccccc2)NC/C1=N\C(=O)Nc1ccc(F)cc1. The average molecular weight is 339 g/mol. The van der Waals surface area contributed by atoms with E-state index in [4.69, 9.17) is 0 Å². The summed E-state index contributed by atoms with van der Waals surface area (Å²) in [6, 6.07) is 15.1. The number of aliphatic imine (C=N–C) groups is 1. The average Bonchev–Trinajstić information content (AvgIpc) is 3.00. The second kappa shape index (κ2) is 7.70. The Morgan fingerprint density at radius 1 is 1.20 bits per heavy atom. The molecule has 2 amide bonds. The molecule has 0 saturated heterocycles. The van der Waals surface area contributed by atoms with Gasteiger partial charge in [-0.25, -0.2) is 9.18 Å². The number of rotatable bonds is 4. The summed E-state index contributed by atoms with van der Waals surface area (Å²) in [4.78, 5) is 16.4. The topological polar surface area (TPSA) is 56.5 Å². The molecule has 0 fully saturated rings. The van der Waals surface area contributed by atoms with Gasteiger partial charge in [-0.1, -0.05) is 29.8 Å². The van der Waals surface area contributed by atoms with Crippen molar-refractivity contribution in [2.45, 2.75) is 19.8 Å². The van der Waals surface area contributed by atoms with Crippen LogP contribution in [0.1, 0.15) is 19.8 Å². The maximum absolute atomic E-state index is 12.9. The molecule has 2 aromatic rings. The van der Waals surface area contributed by atoms with Gasteiger partial charge in [-0.05, 0) is 30.7 Å². The summed E-state index contributed by atoms with van der Waals surface area (Å²) in [5, 5.41) is 2.66. The second-order valence-electron chi connectivity index (χ2n) is 5.70. The van der Waals surface area contributed by atoms with E-state index in [1.165, 1.54) is 24.3 Å². The van der Waals surface area contributed by atoms with Crippen LogP contribution in [-0.4, -0.2) is 28.7 Å². The maximum Gasteiger partial charge on any atom is 0.345 e. The van der Waals surface area contributed by atoms with Crippen LogP contribution in [-0.2, 0) is 0 Å². The van der Waals surface area contributed by atoms with E-state index in [9.17, 15) is 9.18 Å². The first-order valence-electron chi connectivity index (χ1n) is 8.26. The number of hydrazine groups is 1. The van der Waals surface area contributed by atoms with Gasteiger partial charge in [0, 0.05) is 24.2 Å². The van der Waals surface area contributed by atoms with Crippen LogP contribution in [0.15, 0.2) is 59.6 Å². The van der Waals surface area contributed by atoms with Gasteiger partial charge in [0.1, 0.15) is 18.1 Å². The third kappa shape index (κ3) is 4.09. The second-order valence-corrected chi connectivity index (χ2v) is 5.70. The van der Waals surface area contributed by atoms with Gasteiger partial charge in [-0.15, -0.1) is 0 Å². The van der Waals surface area contributed by atoms with Crippen molar-refractivity contribution in [3.63, 3.8) is 0 Å². The van der Waals surface area contributed by atoms with Crippen LogP contribution in [0, 0.1) is 5.82 Å². The predicted molar refractivity (Wildman–Crippen MR) is 97.1 cm³/mol. The molecule has 2 N–H and O–H groups in total. The Morgan fingerprint density at radius 3 is 2.60 bits per heavy atom. The lowest BCUT2D eigenvalue weighted by Crippen LogP contribution is -2.21. The largest absolute Gasteiger partial charge is 0.345 e. The minimum Gasteiger partial charge on any atom is -0.306 e. The van der Waals surface area contributed by atoms with Crippen molar-refractivity contribution >= 4 is 28.8 Å². The normalized spacial score (nSPS) is 15.4. The molecular weight excluding hydrogens is 319 g/mol. The molecule has 0 spiro atoms. The third-order valence-corrected chi connectivity index (χ3v) is 3.84. The number of nitrogens with one attached hydrogen (secondary N) is 2. The monoisotopic (exact) mass is 339 g/mol. The van der Waals surface area contributed by atoms with Crippen LogP contribution < -0.4 is 10.7 Å². The predicted octanol–water partition coefficient (Wildman–Crippen LogP) is 3.90. The van der Waals surface area contributed by atoms with Crippen LogP contribution in [0.5, 0.6) is 0 Å². The van der Waals surface area contributed by atoms with Gasteiger partial charge in [-0.3, -0.25) is 0 Å². The Balaban J connectivity index is 1.82. The highest BCUT2D eigenvalue weighted by Gasteiger charge is 2.30. The van der Waals surface area contributed by atoms with Gasteiger partial charge in [0.15, 0.2) is 0 Å². The molecule has 0 aromatic heterocycles. The Morgan fingerprint density at radius 2 is 1.92 bits per heavy atom. The third-order valence-electron chi connectivity index (χ3n) is 3.84. The molecule has 2 aromatic carbocycles. The number of para-hydroxylation sites is 1. The van der Waals surface area contributed by atoms with Gasteiger partial charge in [0.05, 0.1) is 0 Å². The first-order valence-corrected chi connectivity index (χ1v) is 8.26. The summed E-state index contributed by atoms with van der Waals surface area (Å²) in [5.41, 5.74) is 6.49. The van der Waals surface area contributed by atoms with E-state index >= 15 is 0 Å². The van der Waals surface area contributed by atoms with Gasteiger partial charge in [0.2, 0.25) is 11.4 Å². The lowest BCUT2D eigenvalue weighted by Gasteiger charge is -2.02. The van der Waals surface area contributed by atoms with E-state index < -0.39 is 6.03 Å². The fourth-order valence-corrected chi connectivity index (χ4v) is 2.71. The van der Waals surface area contributed by atoms with Crippen LogP contribution in [0.3, 0.4) is 0 Å². The summed E-state index contributed by atoms with van der Waals surface area (Å²) < 4.78 is 14.9. The number of halogens is 1. The zero-order valence-corrected chi connectivity index (χ0v) is 14.0. The molecule has 1 heterocycles. The Labute approximate surface area is 145 Å². The number of carbonyl (C=O) groups is 1. The fourth-order valence-electron chi connectivity index (χ4n) is 2.71. The molecule has 0 radical (unpaired) electrons. The van der Waals surface area contributed by atoms with E-state index in [0.717, 1.165) is 24.2 Å². The molecule has 0 aliphatic carbocycles. The first-order chi connectivity index (χ1) is 12.2. The van der Waals surface area contributed by atoms with Crippen molar-refractivity contribution in [1.82, 2.24) is 5.43 Å². The molecule has 3 rings (SSSR count). The van der Waals surface area contributed by atoms with Crippen LogP contribution in [0.25, 0.3) is 0 Å². The quantitative estimate of drug-likeness (QED) is 0.830. The molecule has 5 nitrogen and oxygen atoms in total.